The molecule has 0 aliphatic rings. The van der Waals surface area contributed by atoms with Crippen LogP contribution in [0.4, 0.5) is 0 Å². The molecule has 0 rings (SSSR count). The lowest BCUT2D eigenvalue weighted by Gasteiger charge is -2.20. The molecule has 0 aromatic rings. The van der Waals surface area contributed by atoms with Gasteiger partial charge in [0.15, 0.2) is 0 Å². The molecule has 1 unspecified atom stereocenters. The van der Waals surface area contributed by atoms with Crippen LogP contribution in [0.1, 0.15) is 59.3 Å². The number of rotatable bonds is 9. The van der Waals surface area contributed by atoms with E-state index in [-0.39, 0.29) is 0 Å². The van der Waals surface area contributed by atoms with E-state index in [9.17, 15) is 4.79 Å². The van der Waals surface area contributed by atoms with Gasteiger partial charge in [0, 0.05) is 5.57 Å². The van der Waals surface area contributed by atoms with Gasteiger partial charge in [-0.15, -0.1) is 0 Å². The van der Waals surface area contributed by atoms with Crippen molar-refractivity contribution in [2.45, 2.75) is 59.3 Å². The van der Waals surface area contributed by atoms with Crippen LogP contribution >= 0.6 is 0 Å². The highest BCUT2D eigenvalue weighted by atomic mass is 16.4. The summed E-state index contributed by atoms with van der Waals surface area (Å²) in [6.07, 6.45) is 6.51. The minimum absolute atomic E-state index is 0.345. The Hall–Kier alpha value is -0.790. The average molecular weight is 226 g/mol. The highest BCUT2D eigenvalue weighted by Gasteiger charge is 2.13. The van der Waals surface area contributed by atoms with Crippen LogP contribution in [0.2, 0.25) is 0 Å². The Morgan fingerprint density at radius 3 is 2.25 bits per heavy atom. The SMILES string of the molecule is C=C(CCCC(CCCC)C(C)C)C(=O)O. The second-order valence-electron chi connectivity index (χ2n) is 4.95. The highest BCUT2D eigenvalue weighted by molar-refractivity contribution is 5.85. The molecule has 94 valence electrons. The van der Waals surface area contributed by atoms with E-state index in [1.807, 2.05) is 0 Å². The Morgan fingerprint density at radius 1 is 1.25 bits per heavy atom. The molecule has 0 saturated heterocycles. The third-order valence-electron chi connectivity index (χ3n) is 3.23. The van der Waals surface area contributed by atoms with E-state index in [0.717, 1.165) is 18.8 Å². The molecule has 2 nitrogen and oxygen atoms in total. The predicted molar refractivity (Wildman–Crippen MR) is 68.5 cm³/mol. The molecule has 1 N–H and O–H groups in total. The Kier molecular flexibility index (Phi) is 7.96. The number of carboxylic acid groups (broad SMARTS) is 1. The van der Waals surface area contributed by atoms with Crippen molar-refractivity contribution in [1.82, 2.24) is 0 Å². The van der Waals surface area contributed by atoms with Gasteiger partial charge in [-0.3, -0.25) is 0 Å². The number of aliphatic carboxylic acids is 1. The zero-order valence-electron chi connectivity index (χ0n) is 11.0. The summed E-state index contributed by atoms with van der Waals surface area (Å²) in [6.45, 7) is 10.3. The maximum atomic E-state index is 10.6. The van der Waals surface area contributed by atoms with Crippen molar-refractivity contribution in [1.29, 1.82) is 0 Å². The molecule has 2 heteroatoms. The maximum Gasteiger partial charge on any atom is 0.330 e. The summed E-state index contributed by atoms with van der Waals surface area (Å²) < 4.78 is 0. The number of carbonyl (C=O) groups is 1. The second kappa shape index (κ2) is 8.37. The molecule has 0 spiro atoms. The lowest BCUT2D eigenvalue weighted by molar-refractivity contribution is -0.132. The van der Waals surface area contributed by atoms with Crippen molar-refractivity contribution < 1.29 is 9.90 Å². The van der Waals surface area contributed by atoms with Gasteiger partial charge in [-0.05, 0) is 31.1 Å². The van der Waals surface area contributed by atoms with Crippen LogP contribution in [0.25, 0.3) is 0 Å². The lowest BCUT2D eigenvalue weighted by Crippen LogP contribution is -2.09. The molecule has 0 bridgehead atoms. The molecule has 0 radical (unpaired) electrons. The standard InChI is InChI=1S/C14H26O2/c1-5-6-9-13(11(2)3)10-7-8-12(4)14(15)16/h11,13H,4-10H2,1-3H3,(H,15,16). The Labute approximate surface area is 99.7 Å². The first kappa shape index (κ1) is 15.2. The van der Waals surface area contributed by atoms with E-state index in [1.54, 1.807) is 0 Å². The van der Waals surface area contributed by atoms with Gasteiger partial charge in [-0.2, -0.15) is 0 Å². The van der Waals surface area contributed by atoms with Crippen LogP contribution in [0.15, 0.2) is 12.2 Å². The van der Waals surface area contributed by atoms with E-state index in [0.29, 0.717) is 17.9 Å². The van der Waals surface area contributed by atoms with Crippen LogP contribution in [-0.2, 0) is 4.79 Å². The smallest absolute Gasteiger partial charge is 0.330 e. The van der Waals surface area contributed by atoms with Crippen LogP contribution in [0, 0.1) is 11.8 Å². The number of unbranched alkanes of at least 4 members (excludes halogenated alkanes) is 1. The molecule has 0 aliphatic heterocycles. The molecule has 0 amide bonds. The van der Waals surface area contributed by atoms with Crippen LogP contribution in [0.5, 0.6) is 0 Å². The molecular weight excluding hydrogens is 200 g/mol. The fourth-order valence-electron chi connectivity index (χ4n) is 1.96. The second-order valence-corrected chi connectivity index (χ2v) is 4.95. The predicted octanol–water partition coefficient (Wildman–Crippen LogP) is 4.26. The molecule has 1 atom stereocenters. The minimum Gasteiger partial charge on any atom is -0.478 e. The first-order valence-electron chi connectivity index (χ1n) is 6.40. The zero-order chi connectivity index (χ0) is 12.6. The monoisotopic (exact) mass is 226 g/mol. The van der Waals surface area contributed by atoms with E-state index in [1.165, 1.54) is 19.3 Å². The topological polar surface area (TPSA) is 37.3 Å². The summed E-state index contributed by atoms with van der Waals surface area (Å²) in [5.41, 5.74) is 0.345. The summed E-state index contributed by atoms with van der Waals surface area (Å²) in [4.78, 5) is 10.6. The van der Waals surface area contributed by atoms with Gasteiger partial charge in [0.1, 0.15) is 0 Å². The molecule has 0 fully saturated rings. The van der Waals surface area contributed by atoms with Crippen LogP contribution < -0.4 is 0 Å². The van der Waals surface area contributed by atoms with E-state index in [4.69, 9.17) is 5.11 Å². The van der Waals surface area contributed by atoms with Gasteiger partial charge in [0.2, 0.25) is 0 Å². The average Bonchev–Trinajstić information content (AvgIpc) is 2.21. The normalized spacial score (nSPS) is 12.8. The summed E-state index contributed by atoms with van der Waals surface area (Å²) in [5.74, 6) is 0.584. The summed E-state index contributed by atoms with van der Waals surface area (Å²) >= 11 is 0. The van der Waals surface area contributed by atoms with Crippen molar-refractivity contribution in [3.05, 3.63) is 12.2 Å². The fraction of sp³-hybridized carbons (Fsp3) is 0.786. The van der Waals surface area contributed by atoms with Crippen LogP contribution in [-0.4, -0.2) is 11.1 Å². The fourth-order valence-corrected chi connectivity index (χ4v) is 1.96. The molecule has 16 heavy (non-hydrogen) atoms. The van der Waals surface area contributed by atoms with Crippen molar-refractivity contribution in [2.75, 3.05) is 0 Å². The Morgan fingerprint density at radius 2 is 1.81 bits per heavy atom. The minimum atomic E-state index is -0.852. The Bertz CT molecular complexity index is 219. The van der Waals surface area contributed by atoms with E-state index in [2.05, 4.69) is 27.4 Å². The number of hydrogen-bond donors (Lipinski definition) is 1. The van der Waals surface area contributed by atoms with Crippen LogP contribution in [0.3, 0.4) is 0 Å². The lowest BCUT2D eigenvalue weighted by atomic mass is 9.86. The van der Waals surface area contributed by atoms with Crippen molar-refractivity contribution in [3.63, 3.8) is 0 Å². The van der Waals surface area contributed by atoms with Gasteiger partial charge in [-0.25, -0.2) is 4.79 Å². The van der Waals surface area contributed by atoms with Gasteiger partial charge in [-0.1, -0.05) is 46.6 Å². The summed E-state index contributed by atoms with van der Waals surface area (Å²) in [7, 11) is 0. The van der Waals surface area contributed by atoms with Crippen molar-refractivity contribution >= 4 is 5.97 Å². The third-order valence-corrected chi connectivity index (χ3v) is 3.23. The molecule has 0 aromatic carbocycles. The quantitative estimate of drug-likeness (QED) is 0.596. The third kappa shape index (κ3) is 6.65. The zero-order valence-corrected chi connectivity index (χ0v) is 11.0. The molecule has 0 aliphatic carbocycles. The molecular formula is C14H26O2. The van der Waals surface area contributed by atoms with Crippen molar-refractivity contribution in [2.24, 2.45) is 11.8 Å². The molecule has 0 saturated carbocycles. The summed E-state index contributed by atoms with van der Waals surface area (Å²) in [5, 5.41) is 8.70. The molecule has 0 aromatic heterocycles. The summed E-state index contributed by atoms with van der Waals surface area (Å²) in [6, 6.07) is 0. The van der Waals surface area contributed by atoms with E-state index >= 15 is 0 Å². The van der Waals surface area contributed by atoms with E-state index < -0.39 is 5.97 Å². The molecule has 0 heterocycles. The largest absolute Gasteiger partial charge is 0.478 e. The van der Waals surface area contributed by atoms with Crippen molar-refractivity contribution in [3.8, 4) is 0 Å². The highest BCUT2D eigenvalue weighted by Crippen LogP contribution is 2.24. The first-order chi connectivity index (χ1) is 7.49. The van der Waals surface area contributed by atoms with Gasteiger partial charge < -0.3 is 5.11 Å². The number of hydrogen-bond acceptors (Lipinski definition) is 1. The van der Waals surface area contributed by atoms with Gasteiger partial charge in [0.25, 0.3) is 0 Å². The maximum absolute atomic E-state index is 10.6. The van der Waals surface area contributed by atoms with Gasteiger partial charge >= 0.3 is 5.97 Å². The first-order valence-corrected chi connectivity index (χ1v) is 6.40. The number of carboxylic acids is 1. The van der Waals surface area contributed by atoms with Gasteiger partial charge in [0.05, 0.1) is 0 Å². The Balaban J connectivity index is 3.84.